The van der Waals surface area contributed by atoms with Crippen molar-refractivity contribution in [1.29, 1.82) is 0 Å². The third-order valence-electron chi connectivity index (χ3n) is 7.24. The number of hydrogen-bond donors (Lipinski definition) is 1. The summed E-state index contributed by atoms with van der Waals surface area (Å²) in [6.07, 6.45) is 9.84. The largest absolute Gasteiger partial charge is 0.489 e. The van der Waals surface area contributed by atoms with Crippen molar-refractivity contribution in [2.24, 2.45) is 18.9 Å². The Labute approximate surface area is 238 Å². The van der Waals surface area contributed by atoms with Gasteiger partial charge < -0.3 is 19.7 Å². The number of aryl methyl sites for hydroxylation is 1. The molecule has 1 aliphatic heterocycles. The lowest BCUT2D eigenvalue weighted by atomic mass is 10.1. The number of ether oxygens (including phenoxy) is 2. The van der Waals surface area contributed by atoms with Gasteiger partial charge in [0.25, 0.3) is 0 Å². The predicted octanol–water partition coefficient (Wildman–Crippen LogP) is 3.96. The Kier molecular flexibility index (Phi) is 6.92. The number of carbonyl (C=O) groups excluding carboxylic acids is 2. The van der Waals surface area contributed by atoms with Crippen LogP contribution >= 0.6 is 0 Å². The molecule has 0 aromatic carbocycles. The zero-order chi connectivity index (χ0) is 28.7. The number of fused-ring (bicyclic) bond motifs is 1. The van der Waals surface area contributed by atoms with Crippen molar-refractivity contribution in [1.82, 2.24) is 34.1 Å². The van der Waals surface area contributed by atoms with E-state index >= 15 is 0 Å². The molecule has 0 bridgehead atoms. The summed E-state index contributed by atoms with van der Waals surface area (Å²) in [7, 11) is 1.89. The normalized spacial score (nSPS) is 17.3. The second-order valence-corrected chi connectivity index (χ2v) is 12.0. The number of amides is 2. The number of nitrogens with one attached hydrogen (secondary N) is 1. The van der Waals surface area contributed by atoms with E-state index < -0.39 is 5.60 Å². The highest BCUT2D eigenvalue weighted by atomic mass is 16.6. The minimum Gasteiger partial charge on any atom is -0.489 e. The first-order valence-corrected chi connectivity index (χ1v) is 14.1. The molecule has 2 amide bonds. The van der Waals surface area contributed by atoms with Gasteiger partial charge in [-0.1, -0.05) is 0 Å². The lowest BCUT2D eigenvalue weighted by Gasteiger charge is -2.24. The Hall–Kier alpha value is -4.35. The summed E-state index contributed by atoms with van der Waals surface area (Å²) in [4.78, 5) is 26.5. The zero-order valence-corrected chi connectivity index (χ0v) is 23.9. The summed E-state index contributed by atoms with van der Waals surface area (Å²) < 4.78 is 17.3. The second kappa shape index (κ2) is 10.6. The van der Waals surface area contributed by atoms with E-state index in [1.165, 1.54) is 0 Å². The van der Waals surface area contributed by atoms with Crippen LogP contribution in [0, 0.1) is 11.8 Å². The quantitative estimate of drug-likeness (QED) is 0.346. The van der Waals surface area contributed by atoms with Crippen LogP contribution in [-0.4, -0.2) is 71.4 Å². The van der Waals surface area contributed by atoms with Crippen molar-refractivity contribution < 1.29 is 19.1 Å². The molecule has 41 heavy (non-hydrogen) atoms. The van der Waals surface area contributed by atoms with Gasteiger partial charge in [-0.3, -0.25) is 14.2 Å². The second-order valence-electron chi connectivity index (χ2n) is 12.0. The fourth-order valence-electron chi connectivity index (χ4n) is 5.06. The van der Waals surface area contributed by atoms with Gasteiger partial charge in [-0.05, 0) is 52.2 Å². The maximum absolute atomic E-state index is 12.5. The number of hydrogen-bond acceptors (Lipinski definition) is 7. The van der Waals surface area contributed by atoms with Crippen LogP contribution in [0.5, 0.6) is 5.75 Å². The summed E-state index contributed by atoms with van der Waals surface area (Å²) in [5, 5.41) is 16.4. The number of likely N-dealkylation sites (tertiary alicyclic amines) is 1. The topological polar surface area (TPSA) is 121 Å². The molecule has 1 aliphatic carbocycles. The van der Waals surface area contributed by atoms with Crippen LogP contribution in [-0.2, 0) is 23.1 Å². The number of nitrogens with zero attached hydrogens (tertiary/aromatic N) is 7. The molecule has 1 saturated heterocycles. The summed E-state index contributed by atoms with van der Waals surface area (Å²) in [5.74, 6) is 1.52. The number of aromatic nitrogens is 6. The summed E-state index contributed by atoms with van der Waals surface area (Å²) in [6, 6.07) is 5.86. The van der Waals surface area contributed by atoms with Gasteiger partial charge in [-0.25, -0.2) is 9.31 Å². The third kappa shape index (κ3) is 6.21. The molecular weight excluding hydrogens is 524 g/mol. The molecular formula is C29H36N8O4. The monoisotopic (exact) mass is 560 g/mol. The van der Waals surface area contributed by atoms with Crippen LogP contribution in [0.1, 0.15) is 45.6 Å². The molecule has 4 aromatic rings. The van der Waals surface area contributed by atoms with Crippen LogP contribution in [0.4, 0.5) is 10.6 Å². The molecule has 4 aromatic heterocycles. The van der Waals surface area contributed by atoms with Crippen LogP contribution in [0.15, 0.2) is 43.0 Å². The summed E-state index contributed by atoms with van der Waals surface area (Å²) in [5.41, 5.74) is 3.09. The lowest BCUT2D eigenvalue weighted by molar-refractivity contribution is -0.117. The molecule has 0 spiro atoms. The van der Waals surface area contributed by atoms with Gasteiger partial charge in [0.05, 0.1) is 31.1 Å². The van der Waals surface area contributed by atoms with Gasteiger partial charge in [0.2, 0.25) is 5.91 Å². The van der Waals surface area contributed by atoms with E-state index in [4.69, 9.17) is 9.47 Å². The van der Waals surface area contributed by atoms with Crippen molar-refractivity contribution in [2.75, 3.05) is 25.0 Å². The molecule has 0 unspecified atom stereocenters. The van der Waals surface area contributed by atoms with Crippen molar-refractivity contribution in [3.05, 3.63) is 48.5 Å². The molecule has 1 N–H and O–H groups in total. The molecule has 2 fully saturated rings. The summed E-state index contributed by atoms with van der Waals surface area (Å²) >= 11 is 0. The predicted molar refractivity (Wildman–Crippen MR) is 151 cm³/mol. The molecule has 6 rings (SSSR count). The first kappa shape index (κ1) is 26.9. The van der Waals surface area contributed by atoms with Crippen LogP contribution in [0.3, 0.4) is 0 Å². The Morgan fingerprint density at radius 1 is 1.12 bits per heavy atom. The standard InChI is InChI=1S/C29H36N8O4/c1-29(2,3)41-28(39)35-9-7-19(16-35)18-40-24-14-31-37(17-20-13-30-34(4)15-20)26(24)22-8-10-36-23(11-22)12-25(33-36)32-27(38)21-5-6-21/h8,10-15,19,21H,5-7,9,16-18H2,1-4H3,(H,32,33,38)/t19-/m1/s1. The highest BCUT2D eigenvalue weighted by molar-refractivity contribution is 5.93. The Balaban J connectivity index is 1.22. The molecule has 216 valence electrons. The maximum atomic E-state index is 12.5. The number of rotatable bonds is 8. The number of anilines is 1. The Bertz CT molecular complexity index is 1570. The molecule has 1 saturated carbocycles. The van der Waals surface area contributed by atoms with Crippen molar-refractivity contribution in [3.8, 4) is 17.0 Å². The average Bonchev–Trinajstić information content (AvgIpc) is 3.20. The van der Waals surface area contributed by atoms with Crippen LogP contribution in [0.2, 0.25) is 0 Å². The van der Waals surface area contributed by atoms with E-state index in [2.05, 4.69) is 20.6 Å². The SMILES string of the molecule is Cn1cc(Cn2ncc(OC[C@@H]3CCN(C(=O)OC(C)(C)C)C3)c2-c2ccn3nc(NC(=O)C4CC4)cc3c2)cn1. The minimum absolute atomic E-state index is 0.0241. The zero-order valence-electron chi connectivity index (χ0n) is 23.9. The van der Waals surface area contributed by atoms with Crippen molar-refractivity contribution in [3.63, 3.8) is 0 Å². The average molecular weight is 561 g/mol. The fraction of sp³-hybridized carbons (Fsp3) is 0.483. The van der Waals surface area contributed by atoms with Gasteiger partial charge >= 0.3 is 6.09 Å². The van der Waals surface area contributed by atoms with Crippen LogP contribution in [0.25, 0.3) is 16.8 Å². The van der Waals surface area contributed by atoms with Crippen molar-refractivity contribution >= 4 is 23.3 Å². The first-order valence-electron chi connectivity index (χ1n) is 14.1. The maximum Gasteiger partial charge on any atom is 0.410 e. The minimum atomic E-state index is -0.524. The van der Waals surface area contributed by atoms with E-state index in [0.29, 0.717) is 37.8 Å². The van der Waals surface area contributed by atoms with Gasteiger partial charge in [0, 0.05) is 61.6 Å². The molecule has 0 radical (unpaired) electrons. The van der Waals surface area contributed by atoms with E-state index in [-0.39, 0.29) is 23.8 Å². The van der Waals surface area contributed by atoms with Crippen molar-refractivity contribution in [2.45, 2.75) is 52.2 Å². The third-order valence-corrected chi connectivity index (χ3v) is 7.24. The highest BCUT2D eigenvalue weighted by Crippen LogP contribution is 2.33. The number of carbonyl (C=O) groups is 2. The van der Waals surface area contributed by atoms with Crippen LogP contribution < -0.4 is 10.1 Å². The Morgan fingerprint density at radius 2 is 1.95 bits per heavy atom. The smallest absolute Gasteiger partial charge is 0.410 e. The van der Waals surface area contributed by atoms with E-state index in [1.54, 1.807) is 20.3 Å². The molecule has 2 aliphatic rings. The first-order chi connectivity index (χ1) is 19.6. The molecule has 12 nitrogen and oxygen atoms in total. The fourth-order valence-corrected chi connectivity index (χ4v) is 5.06. The number of pyridine rings is 1. The van der Waals surface area contributed by atoms with Gasteiger partial charge in [0.1, 0.15) is 11.3 Å². The summed E-state index contributed by atoms with van der Waals surface area (Å²) in [6.45, 7) is 7.83. The molecule has 1 atom stereocenters. The Morgan fingerprint density at radius 3 is 2.68 bits per heavy atom. The molecule has 5 heterocycles. The van der Waals surface area contributed by atoms with E-state index in [1.807, 2.05) is 69.3 Å². The van der Waals surface area contributed by atoms with Gasteiger partial charge in [-0.15, -0.1) is 0 Å². The van der Waals surface area contributed by atoms with Gasteiger partial charge in [-0.2, -0.15) is 15.3 Å². The van der Waals surface area contributed by atoms with E-state index in [0.717, 1.165) is 41.6 Å². The lowest BCUT2D eigenvalue weighted by Crippen LogP contribution is -2.35. The molecule has 12 heteroatoms. The van der Waals surface area contributed by atoms with Gasteiger partial charge in [0.15, 0.2) is 11.6 Å². The van der Waals surface area contributed by atoms with E-state index in [9.17, 15) is 9.59 Å². The highest BCUT2D eigenvalue weighted by Gasteiger charge is 2.31.